The standard InChI is InChI=1S/C18H29NO3/c20-18(12-21-11-17-3-1-2-4-22-17)19-10-15-6-13-5-14(7-15)9-16(19)8-13/h13-17H,1-12H2/t13-,14+,15?,16?,17?. The molecule has 124 valence electrons. The lowest BCUT2D eigenvalue weighted by Gasteiger charge is -2.39. The molecule has 2 saturated carbocycles. The Hall–Kier alpha value is -0.610. The lowest BCUT2D eigenvalue weighted by molar-refractivity contribution is -0.141. The Kier molecular flexibility index (Phi) is 4.40. The molecule has 4 bridgehead atoms. The fourth-order valence-corrected chi connectivity index (χ4v) is 5.39. The van der Waals surface area contributed by atoms with E-state index in [4.69, 9.17) is 9.47 Å². The van der Waals surface area contributed by atoms with Crippen LogP contribution >= 0.6 is 0 Å². The van der Waals surface area contributed by atoms with Crippen LogP contribution in [-0.2, 0) is 14.3 Å². The molecule has 0 spiro atoms. The summed E-state index contributed by atoms with van der Waals surface area (Å²) in [4.78, 5) is 14.8. The van der Waals surface area contributed by atoms with Crippen molar-refractivity contribution in [3.05, 3.63) is 0 Å². The SMILES string of the molecule is O=C(COCC1CCCCO1)N1CC2C[C@@H]3CC1C[C@H](C2)C3. The van der Waals surface area contributed by atoms with Gasteiger partial charge >= 0.3 is 0 Å². The second-order valence-electron chi connectivity index (χ2n) is 7.98. The predicted molar refractivity (Wildman–Crippen MR) is 83.5 cm³/mol. The van der Waals surface area contributed by atoms with Gasteiger partial charge in [0.25, 0.3) is 0 Å². The first-order chi connectivity index (χ1) is 10.8. The molecule has 3 heterocycles. The maximum absolute atomic E-state index is 12.6. The Labute approximate surface area is 133 Å². The van der Waals surface area contributed by atoms with Gasteiger partial charge in [0.2, 0.25) is 5.91 Å². The lowest BCUT2D eigenvalue weighted by Crippen LogP contribution is -2.44. The molecule has 2 aliphatic carbocycles. The zero-order valence-corrected chi connectivity index (χ0v) is 13.5. The first-order valence-corrected chi connectivity index (χ1v) is 9.26. The Morgan fingerprint density at radius 2 is 1.82 bits per heavy atom. The fraction of sp³-hybridized carbons (Fsp3) is 0.944. The monoisotopic (exact) mass is 307 g/mol. The molecule has 0 aromatic carbocycles. The summed E-state index contributed by atoms with van der Waals surface area (Å²) in [6, 6.07) is 0.498. The van der Waals surface area contributed by atoms with Crippen LogP contribution in [0.2, 0.25) is 0 Å². The van der Waals surface area contributed by atoms with Crippen molar-refractivity contribution in [3.8, 4) is 0 Å². The average molecular weight is 307 g/mol. The van der Waals surface area contributed by atoms with Crippen molar-refractivity contribution in [2.45, 2.75) is 63.5 Å². The second kappa shape index (κ2) is 6.48. The summed E-state index contributed by atoms with van der Waals surface area (Å²) in [5, 5.41) is 0. The third kappa shape index (κ3) is 3.18. The molecule has 0 radical (unpaired) electrons. The number of carbonyl (C=O) groups excluding carboxylic acids is 1. The van der Waals surface area contributed by atoms with Crippen LogP contribution in [0.4, 0.5) is 0 Å². The average Bonchev–Trinajstić information content (AvgIpc) is 2.72. The summed E-state index contributed by atoms with van der Waals surface area (Å²) < 4.78 is 11.4. The maximum Gasteiger partial charge on any atom is 0.248 e. The van der Waals surface area contributed by atoms with E-state index in [1.54, 1.807) is 0 Å². The number of ether oxygens (including phenoxy) is 2. The highest BCUT2D eigenvalue weighted by Crippen LogP contribution is 2.47. The molecule has 22 heavy (non-hydrogen) atoms. The molecule has 5 atom stereocenters. The summed E-state index contributed by atoms with van der Waals surface area (Å²) >= 11 is 0. The minimum Gasteiger partial charge on any atom is -0.376 e. The quantitative estimate of drug-likeness (QED) is 0.801. The van der Waals surface area contributed by atoms with E-state index < -0.39 is 0 Å². The van der Waals surface area contributed by atoms with Gasteiger partial charge in [0.1, 0.15) is 6.61 Å². The normalized spacial score (nSPS) is 40.7. The fourth-order valence-electron chi connectivity index (χ4n) is 5.39. The first-order valence-electron chi connectivity index (χ1n) is 9.26. The molecule has 4 heteroatoms. The predicted octanol–water partition coefficient (Wildman–Crippen LogP) is 2.61. The molecule has 5 aliphatic rings. The largest absolute Gasteiger partial charge is 0.376 e. The summed E-state index contributed by atoms with van der Waals surface area (Å²) in [5.41, 5.74) is 0. The van der Waals surface area contributed by atoms with Crippen molar-refractivity contribution in [2.75, 3.05) is 26.4 Å². The molecule has 4 nitrogen and oxygen atoms in total. The zero-order chi connectivity index (χ0) is 14.9. The highest BCUT2D eigenvalue weighted by molar-refractivity contribution is 5.78. The van der Waals surface area contributed by atoms with Crippen LogP contribution in [0.5, 0.6) is 0 Å². The molecule has 3 unspecified atom stereocenters. The Morgan fingerprint density at radius 1 is 1.05 bits per heavy atom. The topological polar surface area (TPSA) is 38.8 Å². The highest BCUT2D eigenvalue weighted by Gasteiger charge is 2.43. The molecular weight excluding hydrogens is 278 g/mol. The molecule has 0 aromatic rings. The van der Waals surface area contributed by atoms with E-state index >= 15 is 0 Å². The van der Waals surface area contributed by atoms with Crippen molar-refractivity contribution < 1.29 is 14.3 Å². The number of hydrogen-bond acceptors (Lipinski definition) is 3. The molecule has 0 aromatic heterocycles. The number of amides is 1. The van der Waals surface area contributed by atoms with Crippen LogP contribution in [-0.4, -0.2) is 49.3 Å². The molecule has 3 aliphatic heterocycles. The van der Waals surface area contributed by atoms with E-state index in [9.17, 15) is 4.79 Å². The van der Waals surface area contributed by atoms with E-state index in [-0.39, 0.29) is 18.6 Å². The van der Waals surface area contributed by atoms with E-state index in [1.165, 1.54) is 38.5 Å². The molecule has 0 N–H and O–H groups in total. The van der Waals surface area contributed by atoms with Gasteiger partial charge in [-0.1, -0.05) is 0 Å². The van der Waals surface area contributed by atoms with Crippen LogP contribution in [0.3, 0.4) is 0 Å². The summed E-state index contributed by atoms with van der Waals surface area (Å²) in [5.74, 6) is 2.74. The molecular formula is C18H29NO3. The summed E-state index contributed by atoms with van der Waals surface area (Å²) in [6.07, 6.45) is 10.3. The Balaban J connectivity index is 1.29. The van der Waals surface area contributed by atoms with Crippen molar-refractivity contribution in [2.24, 2.45) is 17.8 Å². The Bertz CT molecular complexity index is 393. The Morgan fingerprint density at radius 3 is 2.55 bits per heavy atom. The van der Waals surface area contributed by atoms with Gasteiger partial charge in [0.15, 0.2) is 0 Å². The summed E-state index contributed by atoms with van der Waals surface area (Å²) in [6.45, 7) is 2.66. The second-order valence-corrected chi connectivity index (χ2v) is 7.98. The van der Waals surface area contributed by atoms with Gasteiger partial charge in [-0.3, -0.25) is 4.79 Å². The minimum atomic E-state index is 0.206. The van der Waals surface area contributed by atoms with Crippen molar-refractivity contribution in [1.82, 2.24) is 4.90 Å². The van der Waals surface area contributed by atoms with E-state index in [0.29, 0.717) is 12.6 Å². The van der Waals surface area contributed by atoms with Crippen LogP contribution in [0.15, 0.2) is 0 Å². The lowest BCUT2D eigenvalue weighted by atomic mass is 9.68. The van der Waals surface area contributed by atoms with Gasteiger partial charge in [0, 0.05) is 19.2 Å². The van der Waals surface area contributed by atoms with Gasteiger partial charge < -0.3 is 14.4 Å². The van der Waals surface area contributed by atoms with Crippen molar-refractivity contribution in [3.63, 3.8) is 0 Å². The van der Waals surface area contributed by atoms with E-state index in [1.807, 2.05) is 0 Å². The van der Waals surface area contributed by atoms with Gasteiger partial charge in [-0.25, -0.2) is 0 Å². The van der Waals surface area contributed by atoms with Gasteiger partial charge in [-0.05, 0) is 69.1 Å². The number of hydrogen-bond donors (Lipinski definition) is 0. The van der Waals surface area contributed by atoms with E-state index in [0.717, 1.165) is 43.7 Å². The van der Waals surface area contributed by atoms with Crippen molar-refractivity contribution in [1.29, 1.82) is 0 Å². The molecule has 5 rings (SSSR count). The number of carbonyl (C=O) groups is 1. The third-order valence-corrected chi connectivity index (χ3v) is 6.23. The minimum absolute atomic E-state index is 0.206. The highest BCUT2D eigenvalue weighted by atomic mass is 16.5. The summed E-state index contributed by atoms with van der Waals surface area (Å²) in [7, 11) is 0. The first kappa shape index (κ1) is 14.9. The smallest absolute Gasteiger partial charge is 0.248 e. The van der Waals surface area contributed by atoms with E-state index in [2.05, 4.69) is 4.90 Å². The maximum atomic E-state index is 12.6. The van der Waals surface area contributed by atoms with Gasteiger partial charge in [-0.15, -0.1) is 0 Å². The number of fused-ring (bicyclic) bond motifs is 1. The van der Waals surface area contributed by atoms with Gasteiger partial charge in [-0.2, -0.15) is 0 Å². The van der Waals surface area contributed by atoms with Gasteiger partial charge in [0.05, 0.1) is 12.7 Å². The number of rotatable bonds is 4. The van der Waals surface area contributed by atoms with Crippen LogP contribution in [0.1, 0.15) is 51.4 Å². The van der Waals surface area contributed by atoms with Crippen LogP contribution < -0.4 is 0 Å². The molecule has 5 fully saturated rings. The molecule has 1 amide bonds. The number of nitrogens with zero attached hydrogens (tertiary/aromatic N) is 1. The third-order valence-electron chi connectivity index (χ3n) is 6.23. The molecule has 3 saturated heterocycles. The van der Waals surface area contributed by atoms with Crippen LogP contribution in [0, 0.1) is 17.8 Å². The van der Waals surface area contributed by atoms with Crippen molar-refractivity contribution >= 4 is 5.91 Å². The zero-order valence-electron chi connectivity index (χ0n) is 13.5. The van der Waals surface area contributed by atoms with Crippen LogP contribution in [0.25, 0.3) is 0 Å².